The second-order valence-electron chi connectivity index (χ2n) is 9.11. The van der Waals surface area contributed by atoms with Crippen LogP contribution in [0.4, 0.5) is 0 Å². The van der Waals surface area contributed by atoms with Crippen molar-refractivity contribution in [1.82, 2.24) is 4.40 Å². The maximum absolute atomic E-state index is 2.50. The Hall–Kier alpha value is -3.91. The molecule has 32 heavy (non-hydrogen) atoms. The van der Waals surface area contributed by atoms with Crippen molar-refractivity contribution in [3.05, 3.63) is 96.2 Å². The van der Waals surface area contributed by atoms with Gasteiger partial charge in [0.2, 0.25) is 5.52 Å². The summed E-state index contributed by atoms with van der Waals surface area (Å²) >= 11 is 0. The Morgan fingerprint density at radius 3 is 2.44 bits per heavy atom. The largest absolute Gasteiger partial charge is 0.307 e. The van der Waals surface area contributed by atoms with Gasteiger partial charge >= 0.3 is 0 Å². The number of rotatable bonds is 1. The molecule has 0 saturated heterocycles. The molecule has 7 aromatic rings. The van der Waals surface area contributed by atoms with Crippen molar-refractivity contribution in [2.45, 2.75) is 13.8 Å². The molecule has 0 atom stereocenters. The van der Waals surface area contributed by atoms with Crippen molar-refractivity contribution in [2.24, 2.45) is 7.05 Å². The van der Waals surface area contributed by atoms with Crippen LogP contribution in [0.2, 0.25) is 0 Å². The van der Waals surface area contributed by atoms with Gasteiger partial charge in [0.15, 0.2) is 6.20 Å². The summed E-state index contributed by atoms with van der Waals surface area (Å²) in [7, 11) is 2.17. The molecule has 0 fully saturated rings. The molecule has 0 saturated carbocycles. The molecular weight excluding hydrogens is 388 g/mol. The van der Waals surface area contributed by atoms with Gasteiger partial charge < -0.3 is 4.40 Å². The van der Waals surface area contributed by atoms with E-state index in [9.17, 15) is 0 Å². The molecule has 4 aromatic carbocycles. The summed E-state index contributed by atoms with van der Waals surface area (Å²) in [5, 5.41) is 6.60. The predicted molar refractivity (Wildman–Crippen MR) is 135 cm³/mol. The fraction of sp³-hybridized carbons (Fsp3) is 0.100. The zero-order valence-electron chi connectivity index (χ0n) is 18.5. The molecule has 2 nitrogen and oxygen atoms in total. The van der Waals surface area contributed by atoms with Gasteiger partial charge in [-0.3, -0.25) is 0 Å². The Kier molecular flexibility index (Phi) is 3.37. The number of fused-ring (bicyclic) bond motifs is 5. The van der Waals surface area contributed by atoms with E-state index in [4.69, 9.17) is 0 Å². The fourth-order valence-electron chi connectivity index (χ4n) is 5.66. The third-order valence-corrected chi connectivity index (χ3v) is 7.09. The quantitative estimate of drug-likeness (QED) is 0.155. The van der Waals surface area contributed by atoms with Crippen molar-refractivity contribution >= 4 is 49.0 Å². The number of pyridine rings is 2. The SMILES string of the molecule is Cc1cccc(-c2cc3cc[n+](C)c4c5c(C)ccc6c7ccccc7n(c(c2)c34)c65)c1. The van der Waals surface area contributed by atoms with E-state index in [1.807, 2.05) is 0 Å². The van der Waals surface area contributed by atoms with Crippen molar-refractivity contribution < 1.29 is 4.57 Å². The van der Waals surface area contributed by atoms with Crippen LogP contribution in [0.1, 0.15) is 11.1 Å². The Morgan fingerprint density at radius 1 is 0.688 bits per heavy atom. The number of hydrogen-bond acceptors (Lipinski definition) is 0. The van der Waals surface area contributed by atoms with Crippen LogP contribution in [-0.2, 0) is 7.05 Å². The van der Waals surface area contributed by atoms with Crippen molar-refractivity contribution in [1.29, 1.82) is 0 Å². The standard InChI is InChI=1S/C30H23N2/c1-18-7-6-8-20(15-18)22-16-21-13-14-31(3)30-27-19(2)11-12-24-23-9-4-5-10-25(23)32(29(24)27)26(17-22)28(21)30/h4-17H,1-3H3/q+1. The van der Waals surface area contributed by atoms with Gasteiger partial charge in [0.1, 0.15) is 7.05 Å². The highest BCUT2D eigenvalue weighted by Crippen LogP contribution is 2.41. The average Bonchev–Trinajstić information content (AvgIpc) is 3.14. The second-order valence-corrected chi connectivity index (χ2v) is 9.11. The van der Waals surface area contributed by atoms with Crippen LogP contribution in [0.3, 0.4) is 0 Å². The smallest absolute Gasteiger partial charge is 0.224 e. The lowest BCUT2D eigenvalue weighted by molar-refractivity contribution is -0.643. The summed E-state index contributed by atoms with van der Waals surface area (Å²) in [6.45, 7) is 4.40. The lowest BCUT2D eigenvalue weighted by Gasteiger charge is -2.14. The van der Waals surface area contributed by atoms with E-state index >= 15 is 0 Å². The highest BCUT2D eigenvalue weighted by Gasteiger charge is 2.24. The summed E-state index contributed by atoms with van der Waals surface area (Å²) in [4.78, 5) is 0. The topological polar surface area (TPSA) is 8.29 Å². The van der Waals surface area contributed by atoms with E-state index in [0.29, 0.717) is 0 Å². The summed E-state index contributed by atoms with van der Waals surface area (Å²) in [5.74, 6) is 0. The first kappa shape index (κ1) is 17.7. The highest BCUT2D eigenvalue weighted by atomic mass is 15.0. The number of nitrogens with zero attached hydrogens (tertiary/aromatic N) is 2. The van der Waals surface area contributed by atoms with Gasteiger partial charge in [-0.25, -0.2) is 4.57 Å². The van der Waals surface area contributed by atoms with E-state index in [1.165, 1.54) is 71.3 Å². The van der Waals surface area contributed by atoms with Crippen LogP contribution in [0, 0.1) is 13.8 Å². The van der Waals surface area contributed by atoms with E-state index in [0.717, 1.165) is 0 Å². The van der Waals surface area contributed by atoms with Crippen molar-refractivity contribution in [3.63, 3.8) is 0 Å². The first-order valence-electron chi connectivity index (χ1n) is 11.2. The molecule has 2 heteroatoms. The summed E-state index contributed by atoms with van der Waals surface area (Å²) in [6, 6.07) is 29.2. The van der Waals surface area contributed by atoms with E-state index in [1.54, 1.807) is 0 Å². The van der Waals surface area contributed by atoms with Crippen LogP contribution in [-0.4, -0.2) is 4.40 Å². The highest BCUT2D eigenvalue weighted by molar-refractivity contribution is 6.26. The average molecular weight is 412 g/mol. The molecule has 0 bridgehead atoms. The zero-order chi connectivity index (χ0) is 21.6. The maximum Gasteiger partial charge on any atom is 0.224 e. The van der Waals surface area contributed by atoms with Crippen LogP contribution >= 0.6 is 0 Å². The first-order valence-corrected chi connectivity index (χ1v) is 11.2. The number of benzene rings is 4. The van der Waals surface area contributed by atoms with Gasteiger partial charge in [-0.15, -0.1) is 0 Å². The van der Waals surface area contributed by atoms with Crippen LogP contribution in [0.5, 0.6) is 0 Å². The summed E-state index contributed by atoms with van der Waals surface area (Å²) < 4.78 is 4.79. The Labute approximate surface area is 186 Å². The van der Waals surface area contributed by atoms with Gasteiger partial charge in [-0.05, 0) is 54.1 Å². The molecule has 3 heterocycles. The molecule has 0 aliphatic carbocycles. The molecule has 0 aliphatic heterocycles. The lowest BCUT2D eigenvalue weighted by Crippen LogP contribution is -2.28. The molecule has 0 spiro atoms. The minimum atomic E-state index is 1.26. The van der Waals surface area contributed by atoms with Crippen LogP contribution < -0.4 is 4.57 Å². The predicted octanol–water partition coefficient (Wildman–Crippen LogP) is 7.10. The Bertz CT molecular complexity index is 1850. The minimum absolute atomic E-state index is 1.26. The van der Waals surface area contributed by atoms with Crippen LogP contribution in [0.15, 0.2) is 85.1 Å². The number of aryl methyl sites for hydroxylation is 3. The number of aromatic nitrogens is 2. The molecule has 0 aliphatic rings. The van der Waals surface area contributed by atoms with Crippen molar-refractivity contribution in [3.8, 4) is 11.1 Å². The molecule has 3 aromatic heterocycles. The third-order valence-electron chi connectivity index (χ3n) is 7.09. The monoisotopic (exact) mass is 411 g/mol. The fourth-order valence-corrected chi connectivity index (χ4v) is 5.66. The minimum Gasteiger partial charge on any atom is -0.307 e. The molecular formula is C30H23N2+. The van der Waals surface area contributed by atoms with E-state index in [-0.39, 0.29) is 0 Å². The molecule has 0 radical (unpaired) electrons. The zero-order valence-corrected chi connectivity index (χ0v) is 18.5. The van der Waals surface area contributed by atoms with Crippen LogP contribution in [0.25, 0.3) is 60.1 Å². The van der Waals surface area contributed by atoms with E-state index < -0.39 is 0 Å². The van der Waals surface area contributed by atoms with Gasteiger partial charge in [0.25, 0.3) is 0 Å². The maximum atomic E-state index is 2.50. The number of para-hydroxylation sites is 1. The summed E-state index contributed by atoms with van der Waals surface area (Å²) in [6.07, 6.45) is 2.21. The van der Waals surface area contributed by atoms with Gasteiger partial charge in [0.05, 0.1) is 27.3 Å². The Morgan fingerprint density at radius 2 is 1.56 bits per heavy atom. The molecule has 0 unspecified atom stereocenters. The Balaban J connectivity index is 1.83. The second kappa shape index (κ2) is 6.08. The molecule has 152 valence electrons. The molecule has 7 rings (SSSR count). The van der Waals surface area contributed by atoms with Gasteiger partial charge in [-0.1, -0.05) is 60.2 Å². The van der Waals surface area contributed by atoms with Gasteiger partial charge in [0, 0.05) is 16.8 Å². The third kappa shape index (κ3) is 2.17. The molecule has 0 amide bonds. The summed E-state index contributed by atoms with van der Waals surface area (Å²) in [5.41, 5.74) is 10.3. The molecule has 0 N–H and O–H groups in total. The number of hydrogen-bond donors (Lipinski definition) is 0. The van der Waals surface area contributed by atoms with Gasteiger partial charge in [-0.2, -0.15) is 0 Å². The van der Waals surface area contributed by atoms with E-state index in [2.05, 4.69) is 115 Å². The normalized spacial score (nSPS) is 12.2. The lowest BCUT2D eigenvalue weighted by atomic mass is 9.96. The van der Waals surface area contributed by atoms with Crippen molar-refractivity contribution in [2.75, 3.05) is 0 Å². The first-order chi connectivity index (χ1) is 15.6.